The molecule has 0 aliphatic heterocycles. The number of anilines is 1. The number of fused-ring (bicyclic) bond motifs is 1. The van der Waals surface area contributed by atoms with Gasteiger partial charge in [-0.2, -0.15) is 5.10 Å². The van der Waals surface area contributed by atoms with Crippen molar-refractivity contribution in [3.8, 4) is 11.1 Å². The Bertz CT molecular complexity index is 1400. The monoisotopic (exact) mass is 462 g/mol. The third-order valence-electron chi connectivity index (χ3n) is 5.30. The molecule has 2 amide bonds. The smallest absolute Gasteiger partial charge is 0.339 e. The van der Waals surface area contributed by atoms with Crippen LogP contribution in [0.3, 0.4) is 0 Å². The van der Waals surface area contributed by atoms with Gasteiger partial charge in [-0.3, -0.25) is 9.59 Å². The highest BCUT2D eigenvalue weighted by Crippen LogP contribution is 2.27. The molecule has 4 rings (SSSR count). The maximum atomic E-state index is 13.2. The van der Waals surface area contributed by atoms with Crippen molar-refractivity contribution >= 4 is 40.6 Å². The predicted molar refractivity (Wildman–Crippen MR) is 125 cm³/mol. The summed E-state index contributed by atoms with van der Waals surface area (Å²) in [5.74, 6) is -1.38. The summed E-state index contributed by atoms with van der Waals surface area (Å²) in [7, 11) is 2.87. The Morgan fingerprint density at radius 2 is 1.76 bits per heavy atom. The fourth-order valence-electron chi connectivity index (χ4n) is 3.45. The number of pyridine rings is 1. The number of amides is 2. The molecule has 4 aromatic rings. The summed E-state index contributed by atoms with van der Waals surface area (Å²) < 4.78 is 6.41. The topological polar surface area (TPSA) is 107 Å². The number of hydrogen-bond donors (Lipinski definition) is 1. The molecule has 8 nitrogen and oxygen atoms in total. The van der Waals surface area contributed by atoms with Crippen LogP contribution < -0.4 is 10.6 Å². The minimum Gasteiger partial charge on any atom is -0.465 e. The number of carbonyl (C=O) groups excluding carboxylic acids is 3. The summed E-state index contributed by atoms with van der Waals surface area (Å²) in [5.41, 5.74) is 9.14. The van der Waals surface area contributed by atoms with Crippen LogP contribution in [0.25, 0.3) is 16.6 Å². The van der Waals surface area contributed by atoms with Crippen LogP contribution in [0, 0.1) is 0 Å². The van der Waals surface area contributed by atoms with Crippen LogP contribution in [0.2, 0.25) is 5.02 Å². The molecule has 0 atom stereocenters. The maximum absolute atomic E-state index is 13.2. The van der Waals surface area contributed by atoms with Crippen molar-refractivity contribution in [3.05, 3.63) is 88.7 Å². The minimum absolute atomic E-state index is 0.171. The molecule has 0 fully saturated rings. The van der Waals surface area contributed by atoms with Gasteiger partial charge in [-0.05, 0) is 48.0 Å². The number of aromatic nitrogens is 2. The average Bonchev–Trinajstić information content (AvgIpc) is 3.26. The molecular weight excluding hydrogens is 444 g/mol. The van der Waals surface area contributed by atoms with Crippen LogP contribution in [0.15, 0.2) is 67.0 Å². The van der Waals surface area contributed by atoms with E-state index < -0.39 is 11.9 Å². The second-order valence-electron chi connectivity index (χ2n) is 7.26. The number of esters is 1. The van der Waals surface area contributed by atoms with E-state index in [-0.39, 0.29) is 16.5 Å². The van der Waals surface area contributed by atoms with Gasteiger partial charge in [0.05, 0.1) is 29.4 Å². The van der Waals surface area contributed by atoms with E-state index in [0.29, 0.717) is 22.3 Å². The fourth-order valence-corrected chi connectivity index (χ4v) is 3.64. The first-order valence-electron chi connectivity index (χ1n) is 9.83. The Kier molecular flexibility index (Phi) is 5.85. The van der Waals surface area contributed by atoms with Crippen molar-refractivity contribution in [1.29, 1.82) is 0 Å². The number of nitrogens with zero attached hydrogens (tertiary/aromatic N) is 3. The Morgan fingerprint density at radius 3 is 2.42 bits per heavy atom. The van der Waals surface area contributed by atoms with Gasteiger partial charge in [-0.25, -0.2) is 9.31 Å². The lowest BCUT2D eigenvalue weighted by Gasteiger charge is -2.18. The molecule has 166 valence electrons. The van der Waals surface area contributed by atoms with Gasteiger partial charge in [0, 0.05) is 35.6 Å². The molecule has 0 bridgehead atoms. The molecule has 2 heterocycles. The molecule has 33 heavy (non-hydrogen) atoms. The van der Waals surface area contributed by atoms with Crippen LogP contribution in [0.1, 0.15) is 31.1 Å². The fraction of sp³-hybridized carbons (Fsp3) is 0.0833. The van der Waals surface area contributed by atoms with Crippen molar-refractivity contribution in [1.82, 2.24) is 9.61 Å². The lowest BCUT2D eigenvalue weighted by Crippen LogP contribution is -2.26. The number of carbonyl (C=O) groups is 3. The minimum atomic E-state index is -0.588. The predicted octanol–water partition coefficient (Wildman–Crippen LogP) is 3.82. The number of primary amides is 1. The van der Waals surface area contributed by atoms with Gasteiger partial charge in [-0.1, -0.05) is 23.7 Å². The third-order valence-corrected chi connectivity index (χ3v) is 5.63. The number of hydrogen-bond acceptors (Lipinski definition) is 5. The van der Waals surface area contributed by atoms with Crippen LogP contribution in [0.4, 0.5) is 5.69 Å². The lowest BCUT2D eigenvalue weighted by atomic mass is 10.0. The molecular formula is C24H19ClN4O4. The van der Waals surface area contributed by atoms with Gasteiger partial charge in [0.1, 0.15) is 0 Å². The van der Waals surface area contributed by atoms with E-state index in [1.807, 2.05) is 0 Å². The molecule has 0 spiro atoms. The van der Waals surface area contributed by atoms with Crippen LogP contribution in [-0.2, 0) is 4.74 Å². The second kappa shape index (κ2) is 8.76. The SMILES string of the molecule is COC(=O)c1cc(N(C)C(=O)c2ccn3ncc(-c4ccc(C(N)=O)cc4)c3c2)ccc1Cl. The lowest BCUT2D eigenvalue weighted by molar-refractivity contribution is 0.0600. The van der Waals surface area contributed by atoms with Crippen molar-refractivity contribution < 1.29 is 19.1 Å². The third kappa shape index (κ3) is 4.16. The van der Waals surface area contributed by atoms with Gasteiger partial charge in [0.25, 0.3) is 5.91 Å². The summed E-state index contributed by atoms with van der Waals surface area (Å²) >= 11 is 6.09. The Labute approximate surface area is 194 Å². The first-order valence-corrected chi connectivity index (χ1v) is 10.2. The molecule has 0 aliphatic carbocycles. The normalized spacial score (nSPS) is 10.8. The van der Waals surface area contributed by atoms with Gasteiger partial charge in [0.15, 0.2) is 0 Å². The van der Waals surface area contributed by atoms with Crippen molar-refractivity contribution in [3.63, 3.8) is 0 Å². The summed E-state index contributed by atoms with van der Waals surface area (Å²) in [6.07, 6.45) is 3.38. The zero-order chi connectivity index (χ0) is 23.7. The average molecular weight is 463 g/mol. The Hall–Kier alpha value is -4.17. The standard InChI is InChI=1S/C24H19ClN4O4/c1-28(17-7-8-20(25)18(12-17)24(32)33-2)23(31)16-9-10-29-21(11-16)19(13-27-29)14-3-5-15(6-4-14)22(26)30/h3-13H,1-2H3,(H2,26,30). The highest BCUT2D eigenvalue weighted by molar-refractivity contribution is 6.33. The van der Waals surface area contributed by atoms with Crippen molar-refractivity contribution in [2.75, 3.05) is 19.1 Å². The number of halogens is 1. The first-order chi connectivity index (χ1) is 15.8. The number of nitrogens with two attached hydrogens (primary N) is 1. The van der Waals surface area contributed by atoms with E-state index in [0.717, 1.165) is 11.1 Å². The van der Waals surface area contributed by atoms with Gasteiger partial charge >= 0.3 is 5.97 Å². The largest absolute Gasteiger partial charge is 0.465 e. The molecule has 9 heteroatoms. The van der Waals surface area contributed by atoms with Crippen LogP contribution >= 0.6 is 11.6 Å². The van der Waals surface area contributed by atoms with E-state index in [2.05, 4.69) is 5.10 Å². The zero-order valence-electron chi connectivity index (χ0n) is 17.8. The number of methoxy groups -OCH3 is 1. The van der Waals surface area contributed by atoms with Crippen LogP contribution in [0.5, 0.6) is 0 Å². The first kappa shape index (κ1) is 22.0. The molecule has 0 aliphatic rings. The molecule has 2 aromatic heterocycles. The number of ether oxygens (including phenoxy) is 1. The van der Waals surface area contributed by atoms with Gasteiger partial charge in [0.2, 0.25) is 5.91 Å². The van der Waals surface area contributed by atoms with Crippen LogP contribution in [-0.4, -0.2) is 41.6 Å². The molecule has 0 saturated carbocycles. The quantitative estimate of drug-likeness (QED) is 0.454. The van der Waals surface area contributed by atoms with E-state index in [1.165, 1.54) is 18.1 Å². The summed E-state index contributed by atoms with van der Waals surface area (Å²) in [6.45, 7) is 0. The molecule has 0 saturated heterocycles. The molecule has 2 aromatic carbocycles. The van der Waals surface area contributed by atoms with E-state index >= 15 is 0 Å². The molecule has 2 N–H and O–H groups in total. The Morgan fingerprint density at radius 1 is 1.03 bits per heavy atom. The zero-order valence-corrected chi connectivity index (χ0v) is 18.5. The highest BCUT2D eigenvalue weighted by Gasteiger charge is 2.19. The maximum Gasteiger partial charge on any atom is 0.339 e. The van der Waals surface area contributed by atoms with E-state index in [1.54, 1.807) is 72.5 Å². The van der Waals surface area contributed by atoms with Gasteiger partial charge in [-0.15, -0.1) is 0 Å². The molecule has 0 unspecified atom stereocenters. The summed E-state index contributed by atoms with van der Waals surface area (Å²) in [5, 5.41) is 4.58. The highest BCUT2D eigenvalue weighted by atomic mass is 35.5. The number of rotatable bonds is 5. The van der Waals surface area contributed by atoms with Crippen molar-refractivity contribution in [2.24, 2.45) is 5.73 Å². The summed E-state index contributed by atoms with van der Waals surface area (Å²) in [6, 6.07) is 14.9. The summed E-state index contributed by atoms with van der Waals surface area (Å²) in [4.78, 5) is 37.9. The Balaban J connectivity index is 1.69. The molecule has 0 radical (unpaired) electrons. The van der Waals surface area contributed by atoms with E-state index in [9.17, 15) is 14.4 Å². The second-order valence-corrected chi connectivity index (χ2v) is 7.67. The van der Waals surface area contributed by atoms with Crippen molar-refractivity contribution in [2.45, 2.75) is 0 Å². The van der Waals surface area contributed by atoms with Gasteiger partial charge < -0.3 is 15.4 Å². The number of benzene rings is 2. The van der Waals surface area contributed by atoms with E-state index in [4.69, 9.17) is 22.1 Å².